The van der Waals surface area contributed by atoms with Gasteiger partial charge in [-0.2, -0.15) is 13.2 Å². The maximum Gasteiger partial charge on any atom is 0.416 e. The molecular weight excluding hydrogens is 615 g/mol. The fourth-order valence-electron chi connectivity index (χ4n) is 4.54. The first-order valence-corrected chi connectivity index (χ1v) is 14.0. The number of halogens is 3. The number of nitro benzene ring substituents is 1. The van der Waals surface area contributed by atoms with Crippen LogP contribution in [0.15, 0.2) is 120 Å². The summed E-state index contributed by atoms with van der Waals surface area (Å²) in [4.78, 5) is 49.4. The highest BCUT2D eigenvalue weighted by Gasteiger charge is 2.30. The highest BCUT2D eigenvalue weighted by molar-refractivity contribution is 6.15. The molecule has 0 saturated carbocycles. The van der Waals surface area contributed by atoms with E-state index < -0.39 is 34.3 Å². The Labute approximate surface area is 265 Å². The molecule has 0 aliphatic carbocycles. The standard InChI is InChI=1S/C35H24F3N3O6/c36-35(37,38)25-10-6-22(7-11-25)20-33(43)40-30-17-12-26(21-29(30)34(44)24-4-2-1-3-5-24)39-32(42)19-16-28-15-18-31(47-28)23-8-13-27(14-9-23)41(45)46/h1-19,21H,20H2,(H,39,42)(H,40,43). The van der Waals surface area contributed by atoms with Crippen LogP contribution in [0.3, 0.4) is 0 Å². The van der Waals surface area contributed by atoms with Crippen molar-refractivity contribution in [1.29, 1.82) is 0 Å². The summed E-state index contributed by atoms with van der Waals surface area (Å²) in [5, 5.41) is 16.2. The van der Waals surface area contributed by atoms with Crippen molar-refractivity contribution in [3.8, 4) is 11.3 Å². The van der Waals surface area contributed by atoms with E-state index in [1.54, 1.807) is 54.6 Å². The summed E-state index contributed by atoms with van der Waals surface area (Å²) in [6.07, 6.45) is -2.09. The minimum atomic E-state index is -4.50. The van der Waals surface area contributed by atoms with Crippen molar-refractivity contribution in [1.82, 2.24) is 0 Å². The number of nitrogens with one attached hydrogen (secondary N) is 2. The number of hydrogen-bond acceptors (Lipinski definition) is 6. The first kappa shape index (κ1) is 32.1. The molecule has 47 heavy (non-hydrogen) atoms. The summed E-state index contributed by atoms with van der Waals surface area (Å²) < 4.78 is 44.4. The molecule has 1 aromatic heterocycles. The van der Waals surface area contributed by atoms with Gasteiger partial charge >= 0.3 is 6.18 Å². The molecular formula is C35H24F3N3O6. The number of benzene rings is 4. The van der Waals surface area contributed by atoms with Gasteiger partial charge in [0.25, 0.3) is 5.69 Å². The predicted molar refractivity (Wildman–Crippen MR) is 169 cm³/mol. The summed E-state index contributed by atoms with van der Waals surface area (Å²) in [5.41, 5.74) is 0.887. The molecule has 0 fully saturated rings. The van der Waals surface area contributed by atoms with E-state index in [2.05, 4.69) is 10.6 Å². The summed E-state index contributed by atoms with van der Waals surface area (Å²) in [6.45, 7) is 0. The van der Waals surface area contributed by atoms with Gasteiger partial charge in [0.2, 0.25) is 11.8 Å². The molecule has 9 nitrogen and oxygen atoms in total. The van der Waals surface area contributed by atoms with Gasteiger partial charge in [0.05, 0.1) is 22.6 Å². The van der Waals surface area contributed by atoms with Gasteiger partial charge in [-0.1, -0.05) is 42.5 Å². The predicted octanol–water partition coefficient (Wildman–Crippen LogP) is 7.94. The second-order valence-corrected chi connectivity index (χ2v) is 10.2. The van der Waals surface area contributed by atoms with Crippen LogP contribution in [0.2, 0.25) is 0 Å². The van der Waals surface area contributed by atoms with E-state index in [0.717, 1.165) is 12.1 Å². The van der Waals surface area contributed by atoms with Crippen molar-refractivity contribution in [3.05, 3.63) is 153 Å². The topological polar surface area (TPSA) is 132 Å². The van der Waals surface area contributed by atoms with Gasteiger partial charge in [-0.05, 0) is 66.2 Å². The summed E-state index contributed by atoms with van der Waals surface area (Å²) in [6, 6.07) is 25.9. The monoisotopic (exact) mass is 639 g/mol. The number of alkyl halides is 3. The van der Waals surface area contributed by atoms with E-state index in [0.29, 0.717) is 28.2 Å². The molecule has 0 unspecified atom stereocenters. The first-order chi connectivity index (χ1) is 22.5. The van der Waals surface area contributed by atoms with E-state index in [4.69, 9.17) is 4.42 Å². The van der Waals surface area contributed by atoms with Crippen molar-refractivity contribution in [3.63, 3.8) is 0 Å². The molecule has 0 saturated heterocycles. The third-order valence-electron chi connectivity index (χ3n) is 6.88. The normalized spacial score (nSPS) is 11.3. The average molecular weight is 640 g/mol. The average Bonchev–Trinajstić information content (AvgIpc) is 3.53. The minimum absolute atomic E-state index is 0.0562. The molecule has 0 aliphatic heterocycles. The number of amides is 2. The molecule has 0 aliphatic rings. The number of anilines is 2. The van der Waals surface area contributed by atoms with Gasteiger partial charge in [0.15, 0.2) is 5.78 Å². The molecule has 12 heteroatoms. The van der Waals surface area contributed by atoms with Crippen molar-refractivity contribution in [2.24, 2.45) is 0 Å². The van der Waals surface area contributed by atoms with E-state index in [9.17, 15) is 37.7 Å². The summed E-state index contributed by atoms with van der Waals surface area (Å²) >= 11 is 0. The molecule has 1 heterocycles. The maximum atomic E-state index is 13.4. The summed E-state index contributed by atoms with van der Waals surface area (Å²) in [7, 11) is 0. The number of carbonyl (C=O) groups is 3. The van der Waals surface area contributed by atoms with Crippen LogP contribution >= 0.6 is 0 Å². The van der Waals surface area contributed by atoms with Gasteiger partial charge in [-0.25, -0.2) is 0 Å². The van der Waals surface area contributed by atoms with Crippen molar-refractivity contribution in [2.75, 3.05) is 10.6 Å². The number of hydrogen-bond donors (Lipinski definition) is 2. The fraction of sp³-hybridized carbons (Fsp3) is 0.0571. The quantitative estimate of drug-likeness (QED) is 0.0690. The lowest BCUT2D eigenvalue weighted by Gasteiger charge is -2.13. The van der Waals surface area contributed by atoms with E-state index in [-0.39, 0.29) is 29.0 Å². The van der Waals surface area contributed by atoms with Crippen LogP contribution in [0.1, 0.15) is 32.8 Å². The highest BCUT2D eigenvalue weighted by Crippen LogP contribution is 2.30. The minimum Gasteiger partial charge on any atom is -0.457 e. The smallest absolute Gasteiger partial charge is 0.416 e. The van der Waals surface area contributed by atoms with Crippen LogP contribution in [-0.4, -0.2) is 22.5 Å². The van der Waals surface area contributed by atoms with Crippen molar-refractivity contribution >= 4 is 40.7 Å². The van der Waals surface area contributed by atoms with Gasteiger partial charge in [-0.15, -0.1) is 0 Å². The second-order valence-electron chi connectivity index (χ2n) is 10.2. The number of rotatable bonds is 10. The van der Waals surface area contributed by atoms with Crippen molar-refractivity contribution < 1.29 is 36.9 Å². The largest absolute Gasteiger partial charge is 0.457 e. The van der Waals surface area contributed by atoms with Crippen LogP contribution in [0.5, 0.6) is 0 Å². The molecule has 2 N–H and O–H groups in total. The molecule has 0 atom stereocenters. The van der Waals surface area contributed by atoms with Gasteiger partial charge in [0, 0.05) is 40.6 Å². The zero-order valence-electron chi connectivity index (χ0n) is 24.3. The van der Waals surface area contributed by atoms with E-state index in [1.165, 1.54) is 54.6 Å². The number of nitrogens with zero attached hydrogens (tertiary/aromatic N) is 1. The Balaban J connectivity index is 1.30. The van der Waals surface area contributed by atoms with Crippen LogP contribution in [0, 0.1) is 10.1 Å². The zero-order chi connectivity index (χ0) is 33.6. The first-order valence-electron chi connectivity index (χ1n) is 14.0. The molecule has 0 bridgehead atoms. The number of ketones is 1. The third kappa shape index (κ3) is 8.25. The maximum absolute atomic E-state index is 13.4. The molecule has 2 amide bonds. The Kier molecular flexibility index (Phi) is 9.41. The number of carbonyl (C=O) groups excluding carboxylic acids is 3. The molecule has 5 rings (SSSR count). The Hall–Kier alpha value is -6.30. The Bertz CT molecular complexity index is 1970. The Morgan fingerprint density at radius 3 is 2.19 bits per heavy atom. The summed E-state index contributed by atoms with van der Waals surface area (Å²) in [5.74, 6) is -0.746. The Morgan fingerprint density at radius 2 is 1.53 bits per heavy atom. The molecule has 236 valence electrons. The van der Waals surface area contributed by atoms with E-state index >= 15 is 0 Å². The molecule has 5 aromatic rings. The molecule has 0 radical (unpaired) electrons. The van der Waals surface area contributed by atoms with Crippen LogP contribution in [-0.2, 0) is 22.2 Å². The zero-order valence-corrected chi connectivity index (χ0v) is 24.3. The van der Waals surface area contributed by atoms with Gasteiger partial charge in [0.1, 0.15) is 11.5 Å². The number of non-ortho nitro benzene ring substituents is 1. The molecule has 0 spiro atoms. The lowest BCUT2D eigenvalue weighted by molar-refractivity contribution is -0.384. The van der Waals surface area contributed by atoms with Gasteiger partial charge < -0.3 is 15.1 Å². The highest BCUT2D eigenvalue weighted by atomic mass is 19.4. The number of furan rings is 1. The van der Waals surface area contributed by atoms with Crippen LogP contribution < -0.4 is 10.6 Å². The number of nitro groups is 1. The third-order valence-corrected chi connectivity index (χ3v) is 6.88. The van der Waals surface area contributed by atoms with Crippen molar-refractivity contribution in [2.45, 2.75) is 12.6 Å². The molecule has 4 aromatic carbocycles. The van der Waals surface area contributed by atoms with Gasteiger partial charge in [-0.3, -0.25) is 24.5 Å². The lowest BCUT2D eigenvalue weighted by atomic mass is 10.0. The SMILES string of the molecule is O=C(C=Cc1ccc(-c2ccc([N+](=O)[O-])cc2)o1)Nc1ccc(NC(=O)Cc2ccc(C(F)(F)F)cc2)c(C(=O)c2ccccc2)c1. The fourth-order valence-corrected chi connectivity index (χ4v) is 4.54. The van der Waals surface area contributed by atoms with E-state index in [1.807, 2.05) is 0 Å². The Morgan fingerprint density at radius 1 is 0.830 bits per heavy atom. The van der Waals surface area contributed by atoms with Crippen LogP contribution in [0.4, 0.5) is 30.2 Å². The second kappa shape index (κ2) is 13.8. The lowest BCUT2D eigenvalue weighted by Crippen LogP contribution is -2.18. The van der Waals surface area contributed by atoms with Crippen LogP contribution in [0.25, 0.3) is 17.4 Å².